The number of benzene rings is 1. The lowest BCUT2D eigenvalue weighted by atomic mass is 10.0. The molecule has 2 aromatic rings. The molecule has 0 aliphatic carbocycles. The summed E-state index contributed by atoms with van der Waals surface area (Å²) in [5, 5.41) is 13.1. The molecule has 0 bridgehead atoms. The molecule has 1 atom stereocenters. The average molecular weight is 345 g/mol. The highest BCUT2D eigenvalue weighted by atomic mass is 32.1. The van der Waals surface area contributed by atoms with Gasteiger partial charge in [-0.05, 0) is 43.4 Å². The van der Waals surface area contributed by atoms with Crippen LogP contribution >= 0.6 is 11.3 Å². The number of aryl methyl sites for hydroxylation is 1. The molecule has 24 heavy (non-hydrogen) atoms. The fourth-order valence-electron chi connectivity index (χ4n) is 3.21. The van der Waals surface area contributed by atoms with E-state index in [1.807, 2.05) is 24.0 Å². The summed E-state index contributed by atoms with van der Waals surface area (Å²) in [4.78, 5) is 20.3. The zero-order valence-corrected chi connectivity index (χ0v) is 15.1. The van der Waals surface area contributed by atoms with Crippen LogP contribution in [0.1, 0.15) is 54.8 Å². The molecule has 3 rings (SSSR count). The summed E-state index contributed by atoms with van der Waals surface area (Å²) in [5.74, 6) is 0.593. The Bertz CT molecular complexity index is 724. The Labute approximate surface area is 146 Å². The van der Waals surface area contributed by atoms with Gasteiger partial charge >= 0.3 is 6.03 Å². The Morgan fingerprint density at radius 1 is 1.38 bits per heavy atom. The average Bonchev–Trinajstić information content (AvgIpc) is 3.15. The van der Waals surface area contributed by atoms with Gasteiger partial charge < -0.3 is 10.0 Å². The summed E-state index contributed by atoms with van der Waals surface area (Å²) >= 11 is 1.53. The number of urea groups is 1. The minimum Gasteiger partial charge on any atom is -0.508 e. The Balaban J connectivity index is 1.74. The van der Waals surface area contributed by atoms with Crippen molar-refractivity contribution in [3.63, 3.8) is 0 Å². The second-order valence-corrected chi connectivity index (χ2v) is 7.69. The van der Waals surface area contributed by atoms with E-state index >= 15 is 0 Å². The number of phenols is 1. The number of aromatic hydroxyl groups is 1. The van der Waals surface area contributed by atoms with Gasteiger partial charge in [0.15, 0.2) is 5.13 Å². The molecular weight excluding hydrogens is 322 g/mol. The van der Waals surface area contributed by atoms with E-state index in [2.05, 4.69) is 24.1 Å². The van der Waals surface area contributed by atoms with E-state index in [-0.39, 0.29) is 17.8 Å². The molecule has 1 aromatic carbocycles. The molecule has 0 spiro atoms. The predicted molar refractivity (Wildman–Crippen MR) is 96.7 cm³/mol. The Morgan fingerprint density at radius 3 is 2.71 bits per heavy atom. The molecule has 2 amide bonds. The smallest absolute Gasteiger partial charge is 0.324 e. The third-order valence-corrected chi connectivity index (χ3v) is 5.29. The highest BCUT2D eigenvalue weighted by molar-refractivity contribution is 7.15. The van der Waals surface area contributed by atoms with Gasteiger partial charge in [0, 0.05) is 11.4 Å². The number of hydrogen-bond donors (Lipinski definition) is 2. The first-order chi connectivity index (χ1) is 11.5. The van der Waals surface area contributed by atoms with E-state index in [0.29, 0.717) is 11.0 Å². The van der Waals surface area contributed by atoms with E-state index in [0.717, 1.165) is 35.5 Å². The lowest BCUT2D eigenvalue weighted by molar-refractivity contribution is 0.207. The number of thiazole rings is 1. The minimum atomic E-state index is -0.102. The first kappa shape index (κ1) is 16.8. The first-order valence-electron chi connectivity index (χ1n) is 8.29. The molecule has 0 saturated carbocycles. The fraction of sp³-hybridized carbons (Fsp3) is 0.444. The maximum atomic E-state index is 12.7. The maximum absolute atomic E-state index is 12.7. The van der Waals surface area contributed by atoms with Crippen molar-refractivity contribution in [3.05, 3.63) is 40.4 Å². The largest absolute Gasteiger partial charge is 0.508 e. The molecule has 1 fully saturated rings. The van der Waals surface area contributed by atoms with Crippen LogP contribution in [0.25, 0.3) is 0 Å². The second kappa shape index (κ2) is 6.81. The second-order valence-electron chi connectivity index (χ2n) is 6.49. The van der Waals surface area contributed by atoms with Crippen LogP contribution < -0.4 is 5.32 Å². The summed E-state index contributed by atoms with van der Waals surface area (Å²) in [6, 6.07) is 7.06. The molecule has 0 radical (unpaired) electrons. The molecule has 5 nitrogen and oxygen atoms in total. The number of carbonyl (C=O) groups is 1. The van der Waals surface area contributed by atoms with E-state index in [9.17, 15) is 9.90 Å². The minimum absolute atomic E-state index is 0.0521. The lowest BCUT2D eigenvalue weighted by Crippen LogP contribution is -2.34. The number of anilines is 1. The summed E-state index contributed by atoms with van der Waals surface area (Å²) in [6.07, 6.45) is 1.92. The van der Waals surface area contributed by atoms with Crippen molar-refractivity contribution < 1.29 is 9.90 Å². The molecule has 6 heteroatoms. The normalized spacial score (nSPS) is 17.5. The number of carbonyl (C=O) groups excluding carboxylic acids is 1. The number of amides is 2. The molecule has 1 aromatic heterocycles. The fourth-order valence-corrected chi connectivity index (χ4v) is 4.17. The number of nitrogens with zero attached hydrogens (tertiary/aromatic N) is 2. The maximum Gasteiger partial charge on any atom is 0.324 e. The Hall–Kier alpha value is -2.08. The van der Waals surface area contributed by atoms with Crippen LogP contribution in [0.4, 0.5) is 9.93 Å². The van der Waals surface area contributed by atoms with Crippen LogP contribution in [0, 0.1) is 6.92 Å². The Morgan fingerprint density at radius 2 is 2.08 bits per heavy atom. The van der Waals surface area contributed by atoms with Crippen molar-refractivity contribution in [1.82, 2.24) is 9.88 Å². The summed E-state index contributed by atoms with van der Waals surface area (Å²) in [6.45, 7) is 6.99. The highest BCUT2D eigenvalue weighted by Crippen LogP contribution is 2.34. The SMILES string of the molecule is Cc1sc(NC(=O)N2CCCC2c2ccc(O)cc2)nc1C(C)C. The monoisotopic (exact) mass is 345 g/mol. The van der Waals surface area contributed by atoms with E-state index in [4.69, 9.17) is 0 Å². The Kier molecular flexibility index (Phi) is 4.76. The third-order valence-electron chi connectivity index (χ3n) is 4.38. The van der Waals surface area contributed by atoms with Crippen molar-refractivity contribution in [2.45, 2.75) is 45.6 Å². The van der Waals surface area contributed by atoms with Crippen molar-refractivity contribution >= 4 is 22.5 Å². The van der Waals surface area contributed by atoms with Gasteiger partial charge in [-0.25, -0.2) is 9.78 Å². The molecule has 1 aliphatic rings. The molecular formula is C18H23N3O2S. The van der Waals surface area contributed by atoms with E-state index < -0.39 is 0 Å². The number of aromatic nitrogens is 1. The van der Waals surface area contributed by atoms with Crippen molar-refractivity contribution in [2.24, 2.45) is 0 Å². The molecule has 1 unspecified atom stereocenters. The van der Waals surface area contributed by atoms with Crippen LogP contribution in [-0.4, -0.2) is 27.6 Å². The van der Waals surface area contributed by atoms with Gasteiger partial charge in [0.25, 0.3) is 0 Å². The van der Waals surface area contributed by atoms with Crippen LogP contribution in [0.2, 0.25) is 0 Å². The third kappa shape index (κ3) is 3.38. The van der Waals surface area contributed by atoms with Gasteiger partial charge in [0.1, 0.15) is 5.75 Å². The summed E-state index contributed by atoms with van der Waals surface area (Å²) in [5.41, 5.74) is 2.10. The standard InChI is InChI=1S/C18H23N3O2S/c1-11(2)16-12(3)24-17(19-16)20-18(23)21-10-4-5-15(21)13-6-8-14(22)9-7-13/h6-9,11,15,22H,4-5,10H2,1-3H3,(H,19,20,23). The topological polar surface area (TPSA) is 65.5 Å². The van der Waals surface area contributed by atoms with E-state index in [1.165, 1.54) is 11.3 Å². The highest BCUT2D eigenvalue weighted by Gasteiger charge is 2.30. The summed E-state index contributed by atoms with van der Waals surface area (Å²) in [7, 11) is 0. The van der Waals surface area contributed by atoms with E-state index in [1.54, 1.807) is 12.1 Å². The number of nitrogens with one attached hydrogen (secondary N) is 1. The van der Waals surface area contributed by atoms with Gasteiger partial charge in [-0.15, -0.1) is 11.3 Å². The quantitative estimate of drug-likeness (QED) is 0.851. The van der Waals surface area contributed by atoms with Gasteiger partial charge in [0.05, 0.1) is 11.7 Å². The molecule has 1 aliphatic heterocycles. The van der Waals surface area contributed by atoms with Gasteiger partial charge in [-0.3, -0.25) is 5.32 Å². The number of phenolic OH excluding ortho intramolecular Hbond substituents is 1. The van der Waals surface area contributed by atoms with Gasteiger partial charge in [-0.1, -0.05) is 26.0 Å². The van der Waals surface area contributed by atoms with Crippen molar-refractivity contribution in [2.75, 3.05) is 11.9 Å². The molecule has 2 N–H and O–H groups in total. The number of rotatable bonds is 3. The molecule has 2 heterocycles. The van der Waals surface area contributed by atoms with Crippen molar-refractivity contribution in [3.8, 4) is 5.75 Å². The lowest BCUT2D eigenvalue weighted by Gasteiger charge is -2.24. The number of likely N-dealkylation sites (tertiary alicyclic amines) is 1. The first-order valence-corrected chi connectivity index (χ1v) is 9.11. The molecule has 128 valence electrons. The zero-order chi connectivity index (χ0) is 17.3. The van der Waals surface area contributed by atoms with Crippen LogP contribution in [-0.2, 0) is 0 Å². The zero-order valence-electron chi connectivity index (χ0n) is 14.2. The number of hydrogen-bond acceptors (Lipinski definition) is 4. The van der Waals surface area contributed by atoms with Crippen LogP contribution in [0.3, 0.4) is 0 Å². The predicted octanol–water partition coefficient (Wildman–Crippen LogP) is 4.65. The molecule has 1 saturated heterocycles. The van der Waals surface area contributed by atoms with Crippen LogP contribution in [0.5, 0.6) is 5.75 Å². The summed E-state index contributed by atoms with van der Waals surface area (Å²) < 4.78 is 0. The van der Waals surface area contributed by atoms with Gasteiger partial charge in [0.2, 0.25) is 0 Å². The van der Waals surface area contributed by atoms with Gasteiger partial charge in [-0.2, -0.15) is 0 Å². The van der Waals surface area contributed by atoms with Crippen molar-refractivity contribution in [1.29, 1.82) is 0 Å². The van der Waals surface area contributed by atoms with Crippen LogP contribution in [0.15, 0.2) is 24.3 Å².